The minimum absolute atomic E-state index is 0.241. The molecule has 1 aromatic heterocycles. The summed E-state index contributed by atoms with van der Waals surface area (Å²) in [6.07, 6.45) is 3.00. The molecule has 5 nitrogen and oxygen atoms in total. The largest absolute Gasteiger partial charge is 0.271 e. The molecule has 0 bridgehead atoms. The van der Waals surface area contributed by atoms with Crippen LogP contribution in [-0.4, -0.2) is 30.4 Å². The predicted molar refractivity (Wildman–Crippen MR) is 77.8 cm³/mol. The Morgan fingerprint density at radius 3 is 2.74 bits per heavy atom. The molecule has 3 N–H and O–H groups in total. The van der Waals surface area contributed by atoms with Crippen LogP contribution < -0.4 is 11.3 Å². The number of aromatic nitrogens is 1. The fraction of sp³-hybridized carbons (Fsp3) is 0.750. The summed E-state index contributed by atoms with van der Waals surface area (Å²) >= 11 is 1.62. The third-order valence-electron chi connectivity index (χ3n) is 3.76. The van der Waals surface area contributed by atoms with Gasteiger partial charge in [-0.1, -0.05) is 6.42 Å². The minimum atomic E-state index is -3.02. The van der Waals surface area contributed by atoms with Gasteiger partial charge >= 0.3 is 0 Å². The van der Waals surface area contributed by atoms with Crippen LogP contribution in [0.1, 0.15) is 34.8 Å². The fourth-order valence-electron chi connectivity index (χ4n) is 2.54. The second-order valence-electron chi connectivity index (χ2n) is 5.13. The highest BCUT2D eigenvalue weighted by Gasteiger charge is 2.35. The number of hydrogen-bond acceptors (Lipinski definition) is 6. The van der Waals surface area contributed by atoms with Crippen molar-refractivity contribution in [3.05, 3.63) is 15.6 Å². The van der Waals surface area contributed by atoms with Crippen LogP contribution in [0.15, 0.2) is 0 Å². The van der Waals surface area contributed by atoms with Crippen molar-refractivity contribution < 1.29 is 8.42 Å². The number of hydrazine groups is 1. The molecular formula is C12H21N3O2S2. The smallest absolute Gasteiger partial charge is 0.154 e. The standard InChI is InChI=1S/C12H21N3O2S2/c1-8-9(2)18-12(14-8)7-10(15-13)11-5-3-4-6-19(11,16)17/h10-11,15H,3-7,13H2,1-2H3. The SMILES string of the molecule is Cc1nc(CC(NN)C2CCCCS2(=O)=O)sc1C. The summed E-state index contributed by atoms with van der Waals surface area (Å²) in [5.41, 5.74) is 3.71. The van der Waals surface area contributed by atoms with Gasteiger partial charge in [0, 0.05) is 17.3 Å². The van der Waals surface area contributed by atoms with Crippen molar-refractivity contribution in [3.8, 4) is 0 Å². The topological polar surface area (TPSA) is 85.1 Å². The highest BCUT2D eigenvalue weighted by Crippen LogP contribution is 2.25. The van der Waals surface area contributed by atoms with Gasteiger partial charge in [-0.2, -0.15) is 0 Å². The molecule has 2 heterocycles. The third-order valence-corrected chi connectivity index (χ3v) is 7.20. The average molecular weight is 303 g/mol. The van der Waals surface area contributed by atoms with E-state index in [4.69, 9.17) is 5.84 Å². The first kappa shape index (κ1) is 14.9. The van der Waals surface area contributed by atoms with Crippen LogP contribution in [0.4, 0.5) is 0 Å². The number of rotatable bonds is 4. The Labute approximate surface area is 118 Å². The molecule has 2 rings (SSSR count). The zero-order valence-electron chi connectivity index (χ0n) is 11.3. The van der Waals surface area contributed by atoms with Crippen LogP contribution in [0.25, 0.3) is 0 Å². The Morgan fingerprint density at radius 2 is 2.21 bits per heavy atom. The maximum atomic E-state index is 12.1. The van der Waals surface area contributed by atoms with Crippen LogP contribution in [0.3, 0.4) is 0 Å². The molecule has 0 spiro atoms. The number of hydrogen-bond donors (Lipinski definition) is 2. The minimum Gasteiger partial charge on any atom is -0.271 e. The van der Waals surface area contributed by atoms with E-state index in [0.29, 0.717) is 12.8 Å². The van der Waals surface area contributed by atoms with Gasteiger partial charge in [0.15, 0.2) is 9.84 Å². The molecule has 108 valence electrons. The van der Waals surface area contributed by atoms with E-state index in [1.54, 1.807) is 11.3 Å². The van der Waals surface area contributed by atoms with E-state index in [1.807, 2.05) is 13.8 Å². The van der Waals surface area contributed by atoms with Crippen LogP contribution in [0.2, 0.25) is 0 Å². The molecule has 1 aromatic rings. The van der Waals surface area contributed by atoms with Gasteiger partial charge in [-0.25, -0.2) is 13.4 Å². The molecule has 0 saturated carbocycles. The van der Waals surface area contributed by atoms with Crippen molar-refractivity contribution in [1.82, 2.24) is 10.4 Å². The molecule has 0 radical (unpaired) electrons. The van der Waals surface area contributed by atoms with E-state index < -0.39 is 9.84 Å². The molecule has 1 aliphatic heterocycles. The van der Waals surface area contributed by atoms with Crippen LogP contribution in [0.5, 0.6) is 0 Å². The van der Waals surface area contributed by atoms with E-state index in [0.717, 1.165) is 23.5 Å². The Kier molecular flexibility index (Phi) is 4.60. The molecule has 2 atom stereocenters. The van der Waals surface area contributed by atoms with Crippen molar-refractivity contribution in [2.45, 2.75) is 50.8 Å². The van der Waals surface area contributed by atoms with E-state index in [2.05, 4.69) is 10.4 Å². The maximum absolute atomic E-state index is 12.1. The molecule has 19 heavy (non-hydrogen) atoms. The maximum Gasteiger partial charge on any atom is 0.154 e. The summed E-state index contributed by atoms with van der Waals surface area (Å²) in [6.45, 7) is 4.00. The number of nitrogens with zero attached hydrogens (tertiary/aromatic N) is 1. The lowest BCUT2D eigenvalue weighted by Gasteiger charge is -2.29. The molecule has 2 unspecified atom stereocenters. The fourth-order valence-corrected chi connectivity index (χ4v) is 5.65. The average Bonchev–Trinajstić information content (AvgIpc) is 2.65. The number of nitrogens with one attached hydrogen (secondary N) is 1. The summed E-state index contributed by atoms with van der Waals surface area (Å²) < 4.78 is 24.3. The van der Waals surface area contributed by atoms with E-state index in [9.17, 15) is 8.42 Å². The van der Waals surface area contributed by atoms with Crippen molar-refractivity contribution in [2.24, 2.45) is 5.84 Å². The van der Waals surface area contributed by atoms with Crippen molar-refractivity contribution in [1.29, 1.82) is 0 Å². The third kappa shape index (κ3) is 3.34. The summed E-state index contributed by atoms with van der Waals surface area (Å²) in [7, 11) is -3.02. The Morgan fingerprint density at radius 1 is 1.47 bits per heavy atom. The predicted octanol–water partition coefficient (Wildman–Crippen LogP) is 1.10. The second-order valence-corrected chi connectivity index (χ2v) is 8.75. The van der Waals surface area contributed by atoms with E-state index in [-0.39, 0.29) is 17.0 Å². The number of sulfone groups is 1. The van der Waals surface area contributed by atoms with Crippen molar-refractivity contribution in [3.63, 3.8) is 0 Å². The molecule has 7 heteroatoms. The van der Waals surface area contributed by atoms with Gasteiger partial charge in [0.1, 0.15) is 0 Å². The number of thiazole rings is 1. The molecule has 1 saturated heterocycles. The molecule has 0 aromatic carbocycles. The lowest BCUT2D eigenvalue weighted by Crippen LogP contribution is -2.50. The Hall–Kier alpha value is -0.500. The highest BCUT2D eigenvalue weighted by molar-refractivity contribution is 7.92. The number of nitrogens with two attached hydrogens (primary N) is 1. The van der Waals surface area contributed by atoms with Crippen LogP contribution in [-0.2, 0) is 16.3 Å². The van der Waals surface area contributed by atoms with Gasteiger partial charge in [0.25, 0.3) is 0 Å². The molecule has 0 aliphatic carbocycles. The summed E-state index contributed by atoms with van der Waals surface area (Å²) in [5, 5.41) is 0.578. The highest BCUT2D eigenvalue weighted by atomic mass is 32.2. The van der Waals surface area contributed by atoms with Crippen LogP contribution >= 0.6 is 11.3 Å². The molecule has 0 amide bonds. The van der Waals surface area contributed by atoms with Crippen molar-refractivity contribution >= 4 is 21.2 Å². The zero-order chi connectivity index (χ0) is 14.0. The van der Waals surface area contributed by atoms with Gasteiger partial charge in [-0.05, 0) is 26.7 Å². The van der Waals surface area contributed by atoms with Crippen LogP contribution in [0, 0.1) is 13.8 Å². The monoisotopic (exact) mass is 303 g/mol. The van der Waals surface area contributed by atoms with Gasteiger partial charge in [0.2, 0.25) is 0 Å². The first-order valence-electron chi connectivity index (χ1n) is 6.54. The molecular weight excluding hydrogens is 282 g/mol. The number of aryl methyl sites for hydroxylation is 2. The van der Waals surface area contributed by atoms with E-state index in [1.165, 1.54) is 4.88 Å². The summed E-state index contributed by atoms with van der Waals surface area (Å²) in [4.78, 5) is 5.65. The lowest BCUT2D eigenvalue weighted by atomic mass is 10.1. The van der Waals surface area contributed by atoms with Gasteiger partial charge in [0.05, 0.1) is 21.7 Å². The van der Waals surface area contributed by atoms with Gasteiger partial charge < -0.3 is 0 Å². The zero-order valence-corrected chi connectivity index (χ0v) is 13.0. The molecule has 1 aliphatic rings. The molecule has 1 fully saturated rings. The Bertz CT molecular complexity index is 520. The lowest BCUT2D eigenvalue weighted by molar-refractivity contribution is 0.440. The van der Waals surface area contributed by atoms with Crippen molar-refractivity contribution in [2.75, 3.05) is 5.75 Å². The van der Waals surface area contributed by atoms with Gasteiger partial charge in [-0.3, -0.25) is 11.3 Å². The summed E-state index contributed by atoms with van der Waals surface area (Å²) in [6, 6.07) is -0.241. The van der Waals surface area contributed by atoms with Gasteiger partial charge in [-0.15, -0.1) is 11.3 Å². The summed E-state index contributed by atoms with van der Waals surface area (Å²) in [5.74, 6) is 5.86. The first-order valence-corrected chi connectivity index (χ1v) is 9.08. The quantitative estimate of drug-likeness (QED) is 0.643. The second kappa shape index (κ2) is 5.87. The first-order chi connectivity index (χ1) is 8.94. The van der Waals surface area contributed by atoms with E-state index >= 15 is 0 Å². The Balaban J connectivity index is 2.15. The normalized spacial score (nSPS) is 24.3.